The van der Waals surface area contributed by atoms with Gasteiger partial charge in [-0.3, -0.25) is 14.5 Å². The normalized spacial score (nSPS) is 22.9. The van der Waals surface area contributed by atoms with Crippen LogP contribution in [0.1, 0.15) is 31.7 Å². The number of halogens is 1. The van der Waals surface area contributed by atoms with E-state index in [4.69, 9.17) is 4.74 Å². The lowest BCUT2D eigenvalue weighted by Crippen LogP contribution is -2.48. The van der Waals surface area contributed by atoms with Crippen LogP contribution in [-0.2, 0) is 19.9 Å². The van der Waals surface area contributed by atoms with Crippen molar-refractivity contribution >= 4 is 17.8 Å². The Balaban J connectivity index is 1.83. The van der Waals surface area contributed by atoms with E-state index in [0.717, 1.165) is 11.3 Å². The van der Waals surface area contributed by atoms with Crippen LogP contribution in [0.2, 0.25) is 0 Å². The number of morpholine rings is 1. The molecule has 2 saturated heterocycles. The first-order valence-corrected chi connectivity index (χ1v) is 9.23. The SMILES string of the molecule is CCCC[C@]1(c2ccc(F)cc2)NC(=O)N(CC(=O)N2CCOCC2)C1=O. The summed E-state index contributed by atoms with van der Waals surface area (Å²) in [4.78, 5) is 40.8. The van der Waals surface area contributed by atoms with E-state index in [1.165, 1.54) is 24.3 Å². The summed E-state index contributed by atoms with van der Waals surface area (Å²) in [6.45, 7) is 3.46. The molecule has 2 heterocycles. The van der Waals surface area contributed by atoms with E-state index in [1.807, 2.05) is 6.92 Å². The second kappa shape index (κ2) is 8.04. The number of hydrogen-bond acceptors (Lipinski definition) is 4. The van der Waals surface area contributed by atoms with Gasteiger partial charge in [0.05, 0.1) is 13.2 Å². The smallest absolute Gasteiger partial charge is 0.325 e. The molecule has 0 saturated carbocycles. The molecule has 0 bridgehead atoms. The van der Waals surface area contributed by atoms with E-state index < -0.39 is 23.3 Å². The Morgan fingerprint density at radius 1 is 1.22 bits per heavy atom. The Kier molecular flexibility index (Phi) is 5.74. The number of benzene rings is 1. The molecule has 2 aliphatic heterocycles. The third-order valence-electron chi connectivity index (χ3n) is 5.08. The van der Waals surface area contributed by atoms with E-state index in [0.29, 0.717) is 44.7 Å². The molecule has 7 nitrogen and oxygen atoms in total. The highest BCUT2D eigenvalue weighted by Crippen LogP contribution is 2.34. The predicted molar refractivity (Wildman–Crippen MR) is 95.2 cm³/mol. The molecule has 1 atom stereocenters. The Morgan fingerprint density at radius 3 is 2.52 bits per heavy atom. The van der Waals surface area contributed by atoms with E-state index in [-0.39, 0.29) is 12.5 Å². The first-order valence-electron chi connectivity index (χ1n) is 9.23. The minimum atomic E-state index is -1.26. The highest BCUT2D eigenvalue weighted by atomic mass is 19.1. The maximum absolute atomic E-state index is 13.3. The van der Waals surface area contributed by atoms with Gasteiger partial charge in [0.25, 0.3) is 5.91 Å². The molecule has 27 heavy (non-hydrogen) atoms. The molecule has 8 heteroatoms. The van der Waals surface area contributed by atoms with E-state index in [2.05, 4.69) is 5.32 Å². The molecule has 0 aliphatic carbocycles. The third-order valence-corrected chi connectivity index (χ3v) is 5.08. The topological polar surface area (TPSA) is 79.0 Å². The quantitative estimate of drug-likeness (QED) is 0.764. The van der Waals surface area contributed by atoms with Crippen LogP contribution in [0.25, 0.3) is 0 Å². The van der Waals surface area contributed by atoms with Crippen LogP contribution in [-0.4, -0.2) is 60.5 Å². The van der Waals surface area contributed by atoms with Crippen molar-refractivity contribution in [2.75, 3.05) is 32.8 Å². The van der Waals surface area contributed by atoms with Crippen molar-refractivity contribution in [3.63, 3.8) is 0 Å². The van der Waals surface area contributed by atoms with Crippen LogP contribution in [0.15, 0.2) is 24.3 Å². The number of nitrogens with one attached hydrogen (secondary N) is 1. The van der Waals surface area contributed by atoms with Crippen LogP contribution in [0.4, 0.5) is 9.18 Å². The zero-order valence-electron chi connectivity index (χ0n) is 15.4. The zero-order chi connectivity index (χ0) is 19.4. The minimum Gasteiger partial charge on any atom is -0.378 e. The molecule has 146 valence electrons. The van der Waals surface area contributed by atoms with Crippen molar-refractivity contribution in [3.05, 3.63) is 35.6 Å². The second-order valence-electron chi connectivity index (χ2n) is 6.83. The summed E-state index contributed by atoms with van der Waals surface area (Å²) >= 11 is 0. The van der Waals surface area contributed by atoms with Gasteiger partial charge < -0.3 is 15.0 Å². The molecule has 0 radical (unpaired) electrons. The number of hydrogen-bond donors (Lipinski definition) is 1. The van der Waals surface area contributed by atoms with Crippen LogP contribution < -0.4 is 5.32 Å². The maximum atomic E-state index is 13.3. The van der Waals surface area contributed by atoms with Crippen molar-refractivity contribution in [1.82, 2.24) is 15.1 Å². The molecule has 1 aromatic rings. The molecule has 4 amide bonds. The fraction of sp³-hybridized carbons (Fsp3) is 0.526. The molecular weight excluding hydrogens is 353 g/mol. The Morgan fingerprint density at radius 2 is 1.89 bits per heavy atom. The Hall–Kier alpha value is -2.48. The van der Waals surface area contributed by atoms with Crippen molar-refractivity contribution in [3.8, 4) is 0 Å². The first-order chi connectivity index (χ1) is 13.0. The maximum Gasteiger partial charge on any atom is 0.325 e. The average molecular weight is 377 g/mol. The lowest BCUT2D eigenvalue weighted by atomic mass is 9.85. The standard InChI is InChI=1S/C19H24FN3O4/c1-2-3-8-19(14-4-6-15(20)7-5-14)17(25)23(18(26)21-19)13-16(24)22-9-11-27-12-10-22/h4-7H,2-3,8-13H2,1H3,(H,21,26)/t19-/m1/s1. The summed E-state index contributed by atoms with van der Waals surface area (Å²) in [6, 6.07) is 4.96. The summed E-state index contributed by atoms with van der Waals surface area (Å²) in [7, 11) is 0. The average Bonchev–Trinajstić information content (AvgIpc) is 2.92. The lowest BCUT2D eigenvalue weighted by molar-refractivity contribution is -0.141. The fourth-order valence-corrected chi connectivity index (χ4v) is 3.50. The zero-order valence-corrected chi connectivity index (χ0v) is 15.4. The van der Waals surface area contributed by atoms with Gasteiger partial charge in [0, 0.05) is 13.1 Å². The van der Waals surface area contributed by atoms with Crippen molar-refractivity contribution in [2.24, 2.45) is 0 Å². The lowest BCUT2D eigenvalue weighted by Gasteiger charge is -2.29. The molecule has 0 unspecified atom stereocenters. The van der Waals surface area contributed by atoms with E-state index in [1.54, 1.807) is 4.90 Å². The van der Waals surface area contributed by atoms with Gasteiger partial charge in [-0.15, -0.1) is 0 Å². The fourth-order valence-electron chi connectivity index (χ4n) is 3.50. The first kappa shape index (κ1) is 19.3. The number of rotatable bonds is 6. The Bertz CT molecular complexity index is 718. The minimum absolute atomic E-state index is 0.285. The molecule has 1 N–H and O–H groups in total. The van der Waals surface area contributed by atoms with Crippen LogP contribution in [0.5, 0.6) is 0 Å². The van der Waals surface area contributed by atoms with E-state index >= 15 is 0 Å². The summed E-state index contributed by atoms with van der Waals surface area (Å²) in [5, 5.41) is 2.77. The van der Waals surface area contributed by atoms with Crippen LogP contribution >= 0.6 is 0 Å². The predicted octanol–water partition coefficient (Wildman–Crippen LogP) is 1.62. The van der Waals surface area contributed by atoms with Gasteiger partial charge in [-0.2, -0.15) is 0 Å². The number of carbonyl (C=O) groups is 3. The monoisotopic (exact) mass is 377 g/mol. The van der Waals surface area contributed by atoms with Crippen LogP contribution in [0, 0.1) is 5.82 Å². The molecule has 2 aliphatic rings. The van der Waals surface area contributed by atoms with Gasteiger partial charge in [0.15, 0.2) is 0 Å². The summed E-state index contributed by atoms with van der Waals surface area (Å²) in [6.07, 6.45) is 1.93. The largest absolute Gasteiger partial charge is 0.378 e. The molecule has 3 rings (SSSR count). The van der Waals surface area contributed by atoms with Crippen molar-refractivity contribution < 1.29 is 23.5 Å². The number of unbranched alkanes of at least 4 members (excludes halogenated alkanes) is 1. The summed E-state index contributed by atoms with van der Waals surface area (Å²) in [5.41, 5.74) is -0.733. The molecular formula is C19H24FN3O4. The number of carbonyl (C=O) groups excluding carboxylic acids is 3. The van der Waals surface area contributed by atoms with Gasteiger partial charge in [0.1, 0.15) is 17.9 Å². The number of imide groups is 1. The number of nitrogens with zero attached hydrogens (tertiary/aromatic N) is 2. The van der Waals surface area contributed by atoms with Crippen LogP contribution in [0.3, 0.4) is 0 Å². The summed E-state index contributed by atoms with van der Waals surface area (Å²) < 4.78 is 18.6. The van der Waals surface area contributed by atoms with Gasteiger partial charge in [-0.25, -0.2) is 9.18 Å². The van der Waals surface area contributed by atoms with Gasteiger partial charge in [-0.05, 0) is 24.1 Å². The van der Waals surface area contributed by atoms with Gasteiger partial charge in [0.2, 0.25) is 5.91 Å². The number of ether oxygens (including phenoxy) is 1. The number of urea groups is 1. The second-order valence-corrected chi connectivity index (χ2v) is 6.83. The number of amides is 4. The third kappa shape index (κ3) is 3.80. The van der Waals surface area contributed by atoms with E-state index in [9.17, 15) is 18.8 Å². The van der Waals surface area contributed by atoms with Crippen molar-refractivity contribution in [1.29, 1.82) is 0 Å². The summed E-state index contributed by atoms with van der Waals surface area (Å²) in [5.74, 6) is -1.16. The molecule has 0 aromatic heterocycles. The molecule has 2 fully saturated rings. The van der Waals surface area contributed by atoms with Gasteiger partial charge in [-0.1, -0.05) is 31.9 Å². The van der Waals surface area contributed by atoms with Gasteiger partial charge >= 0.3 is 6.03 Å². The molecule has 0 spiro atoms. The highest BCUT2D eigenvalue weighted by molar-refractivity contribution is 6.09. The highest BCUT2D eigenvalue weighted by Gasteiger charge is 2.52. The Labute approximate surface area is 157 Å². The van der Waals surface area contributed by atoms with Crippen molar-refractivity contribution in [2.45, 2.75) is 31.7 Å². The molecule has 1 aromatic carbocycles.